The van der Waals surface area contributed by atoms with Crippen molar-refractivity contribution in [2.75, 3.05) is 10.6 Å². The zero-order valence-electron chi connectivity index (χ0n) is 19.0. The fraction of sp³-hybridized carbons (Fsp3) is 0.231. The molecule has 0 saturated heterocycles. The third-order valence-electron chi connectivity index (χ3n) is 6.63. The Labute approximate surface area is 204 Å². The Hall–Kier alpha value is -4.21. The minimum Gasteiger partial charge on any atom is -0.324 e. The molecule has 0 spiro atoms. The first-order chi connectivity index (χ1) is 17.4. The Kier molecular flexibility index (Phi) is 5.43. The lowest BCUT2D eigenvalue weighted by molar-refractivity contribution is -0.137. The minimum atomic E-state index is -4.42. The van der Waals surface area contributed by atoms with Crippen molar-refractivity contribution < 1.29 is 13.2 Å². The molecule has 2 aromatic heterocycles. The molecule has 4 heterocycles. The molecule has 3 N–H and O–H groups in total. The monoisotopic (exact) mass is 489 g/mol. The largest absolute Gasteiger partial charge is 0.416 e. The summed E-state index contributed by atoms with van der Waals surface area (Å²) >= 11 is 0. The summed E-state index contributed by atoms with van der Waals surface area (Å²) in [6, 6.07) is 16.6. The van der Waals surface area contributed by atoms with E-state index in [0.717, 1.165) is 54.1 Å². The molecule has 4 aromatic rings. The molecule has 1 saturated carbocycles. The number of aromatic nitrogens is 4. The van der Waals surface area contributed by atoms with E-state index in [9.17, 15) is 13.2 Å². The summed E-state index contributed by atoms with van der Waals surface area (Å²) in [6.45, 7) is 0. The van der Waals surface area contributed by atoms with Crippen LogP contribution < -0.4 is 10.6 Å². The van der Waals surface area contributed by atoms with Crippen molar-refractivity contribution in [3.63, 3.8) is 0 Å². The second-order valence-electron chi connectivity index (χ2n) is 9.05. The molecule has 3 aliphatic rings. The number of fused-ring (bicyclic) bond motifs is 2. The Morgan fingerprint density at radius 3 is 2.56 bits per heavy atom. The lowest BCUT2D eigenvalue weighted by Gasteiger charge is -2.16. The van der Waals surface area contributed by atoms with Gasteiger partial charge < -0.3 is 10.6 Å². The summed E-state index contributed by atoms with van der Waals surface area (Å²) in [5.74, 6) is 2.03. The van der Waals surface area contributed by atoms with Crippen molar-refractivity contribution >= 4 is 34.7 Å². The Morgan fingerprint density at radius 1 is 0.889 bits per heavy atom. The number of aromatic amines is 1. The van der Waals surface area contributed by atoms with Gasteiger partial charge in [-0.05, 0) is 61.2 Å². The van der Waals surface area contributed by atoms with Gasteiger partial charge in [0.05, 0.1) is 17.0 Å². The van der Waals surface area contributed by atoms with Crippen LogP contribution in [0, 0.1) is 5.92 Å². The number of hydrogen-bond donors (Lipinski definition) is 3. The maximum absolute atomic E-state index is 13.3. The average Bonchev–Trinajstić information content (AvgIpc) is 3.53. The standard InChI is InChI=1S/C26H22F3N7/c27-26(28,29)18-2-1-3-20(13-18)31-24-15-6-8-19(9-7-15)32-25-30-11-10-22(34-25)33-23-14-21(35-36-23)16-4-5-17(24)12-16/h1-3,6-11,13-14,16-17H,4-5,12H2,(H3,30,32,33,34,35,36). The van der Waals surface area contributed by atoms with Crippen molar-refractivity contribution in [1.82, 2.24) is 20.2 Å². The van der Waals surface area contributed by atoms with Crippen molar-refractivity contribution in [3.05, 3.63) is 83.7 Å². The highest BCUT2D eigenvalue weighted by Crippen LogP contribution is 2.41. The number of H-pyrrole nitrogens is 1. The summed E-state index contributed by atoms with van der Waals surface area (Å²) in [6.07, 6.45) is -0.156. The van der Waals surface area contributed by atoms with Gasteiger partial charge in [-0.2, -0.15) is 23.3 Å². The zero-order valence-corrected chi connectivity index (χ0v) is 19.0. The molecule has 0 amide bonds. The number of anilines is 4. The van der Waals surface area contributed by atoms with Crippen molar-refractivity contribution in [3.8, 4) is 0 Å². The van der Waals surface area contributed by atoms with E-state index >= 15 is 0 Å². The molecule has 8 bridgehead atoms. The molecule has 182 valence electrons. The van der Waals surface area contributed by atoms with Crippen molar-refractivity contribution in [2.24, 2.45) is 10.9 Å². The van der Waals surface area contributed by atoms with E-state index in [1.54, 1.807) is 18.3 Å². The predicted octanol–water partition coefficient (Wildman–Crippen LogP) is 6.72. The summed E-state index contributed by atoms with van der Waals surface area (Å²) in [5, 5.41) is 13.9. The van der Waals surface area contributed by atoms with E-state index in [1.165, 1.54) is 6.07 Å². The lowest BCUT2D eigenvalue weighted by atomic mass is 9.93. The van der Waals surface area contributed by atoms with Crippen LogP contribution >= 0.6 is 0 Å². The molecule has 1 aliphatic carbocycles. The van der Waals surface area contributed by atoms with Crippen LogP contribution in [-0.4, -0.2) is 25.9 Å². The fourth-order valence-electron chi connectivity index (χ4n) is 4.88. The van der Waals surface area contributed by atoms with Gasteiger partial charge in [-0.3, -0.25) is 10.1 Å². The summed E-state index contributed by atoms with van der Waals surface area (Å²) < 4.78 is 40.0. The number of hydrogen-bond acceptors (Lipinski definition) is 6. The third-order valence-corrected chi connectivity index (χ3v) is 6.63. The first-order valence-electron chi connectivity index (χ1n) is 11.7. The van der Waals surface area contributed by atoms with Gasteiger partial charge in [0, 0.05) is 35.5 Å². The predicted molar refractivity (Wildman–Crippen MR) is 131 cm³/mol. The molecule has 2 aliphatic heterocycles. The number of nitrogens with one attached hydrogen (secondary N) is 3. The summed E-state index contributed by atoms with van der Waals surface area (Å²) in [7, 11) is 0. The van der Waals surface area contributed by atoms with Crippen molar-refractivity contribution in [2.45, 2.75) is 31.4 Å². The third kappa shape index (κ3) is 4.53. The number of halogens is 3. The Balaban J connectivity index is 1.43. The van der Waals surface area contributed by atoms with Crippen LogP contribution in [0.3, 0.4) is 0 Å². The molecule has 0 radical (unpaired) electrons. The Bertz CT molecular complexity index is 1430. The number of benzene rings is 2. The first kappa shape index (κ1) is 22.3. The zero-order chi connectivity index (χ0) is 24.7. The normalized spacial score (nSPS) is 20.2. The van der Waals surface area contributed by atoms with Gasteiger partial charge in [-0.15, -0.1) is 0 Å². The van der Waals surface area contributed by atoms with E-state index < -0.39 is 11.7 Å². The van der Waals surface area contributed by atoms with E-state index in [4.69, 9.17) is 4.99 Å². The van der Waals surface area contributed by atoms with Gasteiger partial charge in [0.25, 0.3) is 0 Å². The maximum atomic E-state index is 13.3. The summed E-state index contributed by atoms with van der Waals surface area (Å²) in [5.41, 5.74) is 3.03. The van der Waals surface area contributed by atoms with Gasteiger partial charge in [-0.1, -0.05) is 18.2 Å². The molecule has 7 rings (SSSR count). The SMILES string of the molecule is FC(F)(F)c1cccc(N=C2c3ccc(cc3)Nc3nccc(n3)Nc3cc([nH]n3)C3CCC2C3)c1. The van der Waals surface area contributed by atoms with Gasteiger partial charge in [-0.25, -0.2) is 4.98 Å². The maximum Gasteiger partial charge on any atom is 0.416 e. The van der Waals surface area contributed by atoms with Crippen LogP contribution in [-0.2, 0) is 6.18 Å². The highest BCUT2D eigenvalue weighted by molar-refractivity contribution is 6.04. The number of nitrogens with zero attached hydrogens (tertiary/aromatic N) is 4. The van der Waals surface area contributed by atoms with E-state index in [0.29, 0.717) is 17.6 Å². The smallest absolute Gasteiger partial charge is 0.324 e. The minimum absolute atomic E-state index is 0.0898. The van der Waals surface area contributed by atoms with Gasteiger partial charge in [0.2, 0.25) is 5.95 Å². The van der Waals surface area contributed by atoms with Crippen LogP contribution in [0.4, 0.5) is 42.1 Å². The molecule has 36 heavy (non-hydrogen) atoms. The lowest BCUT2D eigenvalue weighted by Crippen LogP contribution is -2.13. The highest BCUT2D eigenvalue weighted by atomic mass is 19.4. The first-order valence-corrected chi connectivity index (χ1v) is 11.7. The molecule has 2 aromatic carbocycles. The summed E-state index contributed by atoms with van der Waals surface area (Å²) in [4.78, 5) is 13.6. The van der Waals surface area contributed by atoms with Crippen molar-refractivity contribution in [1.29, 1.82) is 0 Å². The van der Waals surface area contributed by atoms with E-state index in [1.807, 2.05) is 30.3 Å². The van der Waals surface area contributed by atoms with Gasteiger partial charge in [0.15, 0.2) is 5.82 Å². The van der Waals surface area contributed by atoms with E-state index in [-0.39, 0.29) is 17.5 Å². The van der Waals surface area contributed by atoms with Gasteiger partial charge in [0.1, 0.15) is 5.82 Å². The van der Waals surface area contributed by atoms with Crippen LogP contribution in [0.1, 0.15) is 42.0 Å². The van der Waals surface area contributed by atoms with E-state index in [2.05, 4.69) is 30.8 Å². The second kappa shape index (κ2) is 8.78. The van der Waals surface area contributed by atoms with Crippen LogP contribution in [0.2, 0.25) is 0 Å². The average molecular weight is 490 g/mol. The molecular formula is C26H22F3N7. The van der Waals surface area contributed by atoms with Crippen LogP contribution in [0.15, 0.2) is 71.9 Å². The molecule has 2 atom stereocenters. The molecular weight excluding hydrogens is 467 g/mol. The molecule has 7 nitrogen and oxygen atoms in total. The molecule has 1 fully saturated rings. The van der Waals surface area contributed by atoms with Gasteiger partial charge >= 0.3 is 6.18 Å². The second-order valence-corrected chi connectivity index (χ2v) is 9.05. The highest BCUT2D eigenvalue weighted by Gasteiger charge is 2.33. The Morgan fingerprint density at radius 2 is 1.72 bits per heavy atom. The number of rotatable bonds is 1. The van der Waals surface area contributed by atoms with Crippen LogP contribution in [0.25, 0.3) is 0 Å². The topological polar surface area (TPSA) is 90.9 Å². The fourth-order valence-corrected chi connectivity index (χ4v) is 4.88. The molecule has 2 unspecified atom stereocenters. The number of aliphatic imine (C=N–C) groups is 1. The molecule has 10 heteroatoms. The van der Waals surface area contributed by atoms with Crippen LogP contribution in [0.5, 0.6) is 0 Å². The quantitative estimate of drug-likeness (QED) is 0.276. The number of alkyl halides is 3.